The summed E-state index contributed by atoms with van der Waals surface area (Å²) >= 11 is 0. The van der Waals surface area contributed by atoms with Crippen LogP contribution in [0, 0.1) is 11.3 Å². The molecule has 0 spiro atoms. The summed E-state index contributed by atoms with van der Waals surface area (Å²) in [6.07, 6.45) is 0.636. The lowest BCUT2D eigenvalue weighted by atomic mass is 10.0. The molecule has 0 radical (unpaired) electrons. The quantitative estimate of drug-likeness (QED) is 0.833. The highest BCUT2D eigenvalue weighted by Crippen LogP contribution is 2.22. The van der Waals surface area contributed by atoms with Crippen LogP contribution in [-0.2, 0) is 0 Å². The molecule has 0 aliphatic rings. The van der Waals surface area contributed by atoms with Gasteiger partial charge in [-0.1, -0.05) is 24.3 Å². The Kier molecular flexibility index (Phi) is 4.54. The molecule has 19 heavy (non-hydrogen) atoms. The van der Waals surface area contributed by atoms with E-state index in [1.54, 1.807) is 12.1 Å². The van der Waals surface area contributed by atoms with Crippen LogP contribution in [-0.4, -0.2) is 18.3 Å². The molecule has 2 aromatic rings. The number of aliphatic hydroxyl groups excluding tert-OH is 1. The highest BCUT2D eigenvalue weighted by molar-refractivity contribution is 5.64. The summed E-state index contributed by atoms with van der Waals surface area (Å²) in [7, 11) is 0. The fourth-order valence-corrected chi connectivity index (χ4v) is 1.74. The molecule has 0 amide bonds. The molecule has 3 heteroatoms. The average molecular weight is 253 g/mol. The van der Waals surface area contributed by atoms with Crippen molar-refractivity contribution in [3.63, 3.8) is 0 Å². The summed E-state index contributed by atoms with van der Waals surface area (Å²) < 4.78 is 5.47. The summed E-state index contributed by atoms with van der Waals surface area (Å²) in [6.45, 7) is 0.663. The van der Waals surface area contributed by atoms with Crippen LogP contribution in [0.3, 0.4) is 0 Å². The van der Waals surface area contributed by atoms with E-state index >= 15 is 0 Å². The van der Waals surface area contributed by atoms with Gasteiger partial charge in [-0.2, -0.15) is 5.26 Å². The highest BCUT2D eigenvalue weighted by atomic mass is 16.5. The van der Waals surface area contributed by atoms with Crippen LogP contribution in [0.1, 0.15) is 12.0 Å². The van der Waals surface area contributed by atoms with Crippen molar-refractivity contribution in [2.24, 2.45) is 0 Å². The van der Waals surface area contributed by atoms with Gasteiger partial charge in [0.2, 0.25) is 0 Å². The van der Waals surface area contributed by atoms with Gasteiger partial charge in [0, 0.05) is 13.0 Å². The van der Waals surface area contributed by atoms with Crippen LogP contribution >= 0.6 is 0 Å². The summed E-state index contributed by atoms with van der Waals surface area (Å²) in [6, 6.07) is 17.4. The summed E-state index contributed by atoms with van der Waals surface area (Å²) in [5, 5.41) is 17.4. The van der Waals surface area contributed by atoms with Gasteiger partial charge in [0.05, 0.1) is 18.2 Å². The minimum Gasteiger partial charge on any atom is -0.494 e. The lowest BCUT2D eigenvalue weighted by Crippen LogP contribution is -1.99. The molecule has 2 rings (SSSR count). The van der Waals surface area contributed by atoms with Crippen molar-refractivity contribution in [3.05, 3.63) is 54.1 Å². The molecule has 1 N–H and O–H groups in total. The molecule has 0 atom stereocenters. The molecule has 0 unspecified atom stereocenters. The minimum absolute atomic E-state index is 0.142. The molecule has 0 saturated heterocycles. The van der Waals surface area contributed by atoms with E-state index in [2.05, 4.69) is 6.07 Å². The lowest BCUT2D eigenvalue weighted by Gasteiger charge is -2.06. The number of aliphatic hydroxyl groups is 1. The van der Waals surface area contributed by atoms with Crippen molar-refractivity contribution in [1.29, 1.82) is 5.26 Å². The van der Waals surface area contributed by atoms with Gasteiger partial charge >= 0.3 is 0 Å². The number of ether oxygens (including phenoxy) is 1. The van der Waals surface area contributed by atoms with Crippen molar-refractivity contribution in [1.82, 2.24) is 0 Å². The molecular weight excluding hydrogens is 238 g/mol. The fourth-order valence-electron chi connectivity index (χ4n) is 1.74. The molecule has 2 aromatic carbocycles. The van der Waals surface area contributed by atoms with E-state index in [9.17, 15) is 0 Å². The van der Waals surface area contributed by atoms with Crippen molar-refractivity contribution in [2.75, 3.05) is 13.2 Å². The third-order valence-electron chi connectivity index (χ3n) is 2.77. The van der Waals surface area contributed by atoms with Crippen molar-refractivity contribution < 1.29 is 9.84 Å². The number of hydrogen-bond acceptors (Lipinski definition) is 3. The Bertz CT molecular complexity index is 553. The standard InChI is InChI=1S/C16H15NO2/c17-12-13-2-4-14(5-3-13)15-6-8-16(9-7-15)19-11-1-10-18/h2-9,18H,1,10-11H2. The van der Waals surface area contributed by atoms with Gasteiger partial charge in [0.1, 0.15) is 5.75 Å². The smallest absolute Gasteiger partial charge is 0.119 e. The van der Waals surface area contributed by atoms with Crippen molar-refractivity contribution in [3.8, 4) is 22.9 Å². The summed E-state index contributed by atoms with van der Waals surface area (Å²) in [4.78, 5) is 0. The van der Waals surface area contributed by atoms with Gasteiger partial charge in [-0.25, -0.2) is 0 Å². The fraction of sp³-hybridized carbons (Fsp3) is 0.188. The van der Waals surface area contributed by atoms with Crippen molar-refractivity contribution >= 4 is 0 Å². The van der Waals surface area contributed by atoms with E-state index in [-0.39, 0.29) is 6.61 Å². The molecule has 0 aliphatic heterocycles. The van der Waals surface area contributed by atoms with Gasteiger partial charge in [-0.05, 0) is 35.4 Å². The first-order chi connectivity index (χ1) is 9.33. The van der Waals surface area contributed by atoms with Gasteiger partial charge in [-0.3, -0.25) is 0 Å². The number of rotatable bonds is 5. The van der Waals surface area contributed by atoms with Gasteiger partial charge in [0.15, 0.2) is 0 Å². The number of nitrogens with zero attached hydrogens (tertiary/aromatic N) is 1. The number of hydrogen-bond donors (Lipinski definition) is 1. The summed E-state index contributed by atoms with van der Waals surface area (Å²) in [5.41, 5.74) is 2.81. The Morgan fingerprint density at radius 1 is 0.947 bits per heavy atom. The Labute approximate surface area is 112 Å². The maximum Gasteiger partial charge on any atom is 0.119 e. The molecule has 0 aliphatic carbocycles. The monoisotopic (exact) mass is 253 g/mol. The van der Waals surface area contributed by atoms with E-state index in [4.69, 9.17) is 15.1 Å². The SMILES string of the molecule is N#Cc1ccc(-c2ccc(OCCCO)cc2)cc1. The third-order valence-corrected chi connectivity index (χ3v) is 2.77. The second-order valence-corrected chi connectivity index (χ2v) is 4.14. The predicted octanol–water partition coefficient (Wildman–Crippen LogP) is 2.99. The Morgan fingerprint density at radius 2 is 1.53 bits per heavy atom. The Morgan fingerprint density at radius 3 is 2.05 bits per heavy atom. The molecular formula is C16H15NO2. The van der Waals surface area contributed by atoms with E-state index in [1.807, 2.05) is 36.4 Å². The number of benzene rings is 2. The number of nitriles is 1. The van der Waals surface area contributed by atoms with E-state index < -0.39 is 0 Å². The molecule has 96 valence electrons. The zero-order chi connectivity index (χ0) is 13.5. The van der Waals surface area contributed by atoms with E-state index in [1.165, 1.54) is 0 Å². The van der Waals surface area contributed by atoms with Crippen LogP contribution in [0.15, 0.2) is 48.5 Å². The molecule has 3 nitrogen and oxygen atoms in total. The van der Waals surface area contributed by atoms with Crippen LogP contribution in [0.5, 0.6) is 5.75 Å². The first-order valence-corrected chi connectivity index (χ1v) is 6.18. The molecule has 0 bridgehead atoms. The maximum atomic E-state index is 8.75. The van der Waals surface area contributed by atoms with Crippen molar-refractivity contribution in [2.45, 2.75) is 6.42 Å². The Hall–Kier alpha value is -2.31. The van der Waals surface area contributed by atoms with E-state index in [0.29, 0.717) is 18.6 Å². The maximum absolute atomic E-state index is 8.75. The summed E-state index contributed by atoms with van der Waals surface area (Å²) in [5.74, 6) is 0.797. The molecule has 0 aromatic heterocycles. The largest absolute Gasteiger partial charge is 0.494 e. The average Bonchev–Trinajstić information content (AvgIpc) is 2.48. The first kappa shape index (κ1) is 13.1. The van der Waals surface area contributed by atoms with Crippen LogP contribution in [0.4, 0.5) is 0 Å². The predicted molar refractivity (Wildman–Crippen MR) is 73.8 cm³/mol. The molecule has 0 heterocycles. The topological polar surface area (TPSA) is 53.2 Å². The third kappa shape index (κ3) is 3.57. The van der Waals surface area contributed by atoms with Gasteiger partial charge < -0.3 is 9.84 Å². The Balaban J connectivity index is 2.07. The first-order valence-electron chi connectivity index (χ1n) is 6.18. The minimum atomic E-state index is 0.142. The molecule has 0 fully saturated rings. The van der Waals surface area contributed by atoms with Crippen LogP contribution in [0.2, 0.25) is 0 Å². The normalized spacial score (nSPS) is 9.89. The zero-order valence-electron chi connectivity index (χ0n) is 10.5. The van der Waals surface area contributed by atoms with E-state index in [0.717, 1.165) is 16.9 Å². The van der Waals surface area contributed by atoms with Crippen LogP contribution < -0.4 is 4.74 Å². The second-order valence-electron chi connectivity index (χ2n) is 4.14. The lowest BCUT2D eigenvalue weighted by molar-refractivity contribution is 0.233. The second kappa shape index (κ2) is 6.58. The highest BCUT2D eigenvalue weighted by Gasteiger charge is 1.99. The molecule has 0 saturated carbocycles. The van der Waals surface area contributed by atoms with Gasteiger partial charge in [-0.15, -0.1) is 0 Å². The zero-order valence-corrected chi connectivity index (χ0v) is 10.5. The van der Waals surface area contributed by atoms with Crippen LogP contribution in [0.25, 0.3) is 11.1 Å². The van der Waals surface area contributed by atoms with Gasteiger partial charge in [0.25, 0.3) is 0 Å².